The van der Waals surface area contributed by atoms with Crippen LogP contribution in [0, 0.1) is 13.8 Å². The summed E-state index contributed by atoms with van der Waals surface area (Å²) in [5, 5.41) is 2.66. The second-order valence-electron chi connectivity index (χ2n) is 7.32. The SMILES string of the molecule is CCOC(=O)c1ccc(NC(=O)c2ccc(Cl)c(S(=O)(=O)Nc3cc(C)ccc3C)c2)cc1. The number of sulfonamides is 1. The summed E-state index contributed by atoms with van der Waals surface area (Å²) in [6.07, 6.45) is 0. The van der Waals surface area contributed by atoms with Gasteiger partial charge in [0.05, 0.1) is 22.9 Å². The third-order valence-corrected chi connectivity index (χ3v) is 6.62. The number of esters is 1. The number of hydrogen-bond acceptors (Lipinski definition) is 5. The minimum absolute atomic E-state index is 0.0110. The van der Waals surface area contributed by atoms with Gasteiger partial charge in [-0.3, -0.25) is 9.52 Å². The second kappa shape index (κ2) is 10.1. The van der Waals surface area contributed by atoms with Gasteiger partial charge in [-0.05, 0) is 80.4 Å². The standard InChI is InChI=1S/C24H23ClN2O5S/c1-4-32-24(29)17-7-10-19(11-8-17)26-23(28)18-9-12-20(25)22(14-18)33(30,31)27-21-13-15(2)5-6-16(21)3/h5-14,27H,4H2,1-3H3,(H,26,28). The molecule has 0 radical (unpaired) electrons. The van der Waals surface area contributed by atoms with E-state index in [9.17, 15) is 18.0 Å². The van der Waals surface area contributed by atoms with Gasteiger partial charge < -0.3 is 10.1 Å². The average molecular weight is 487 g/mol. The Bertz CT molecular complexity index is 1300. The van der Waals surface area contributed by atoms with Gasteiger partial charge in [-0.15, -0.1) is 0 Å². The molecule has 172 valence electrons. The van der Waals surface area contributed by atoms with Gasteiger partial charge in [-0.25, -0.2) is 13.2 Å². The fourth-order valence-corrected chi connectivity index (χ4v) is 4.65. The fourth-order valence-electron chi connectivity index (χ4n) is 3.00. The highest BCUT2D eigenvalue weighted by Gasteiger charge is 2.21. The number of nitrogens with one attached hydrogen (secondary N) is 2. The first kappa shape index (κ1) is 24.3. The number of halogens is 1. The summed E-state index contributed by atoms with van der Waals surface area (Å²) < 4.78 is 33.5. The minimum atomic E-state index is -4.05. The van der Waals surface area contributed by atoms with Gasteiger partial charge in [0, 0.05) is 11.3 Å². The molecule has 9 heteroatoms. The van der Waals surface area contributed by atoms with Crippen molar-refractivity contribution >= 4 is 44.9 Å². The molecule has 33 heavy (non-hydrogen) atoms. The van der Waals surface area contributed by atoms with Crippen LogP contribution in [0.5, 0.6) is 0 Å². The smallest absolute Gasteiger partial charge is 0.338 e. The number of hydrogen-bond donors (Lipinski definition) is 2. The van der Waals surface area contributed by atoms with E-state index in [0.29, 0.717) is 16.9 Å². The molecule has 7 nitrogen and oxygen atoms in total. The van der Waals surface area contributed by atoms with Crippen molar-refractivity contribution in [2.45, 2.75) is 25.7 Å². The van der Waals surface area contributed by atoms with E-state index in [0.717, 1.165) is 11.1 Å². The molecule has 0 unspecified atom stereocenters. The molecule has 0 spiro atoms. The first-order valence-corrected chi connectivity index (χ1v) is 11.9. The maximum atomic E-state index is 13.0. The highest BCUT2D eigenvalue weighted by atomic mass is 35.5. The molecule has 0 atom stereocenters. The summed E-state index contributed by atoms with van der Waals surface area (Å²) in [4.78, 5) is 24.3. The van der Waals surface area contributed by atoms with Crippen LogP contribution in [0.25, 0.3) is 0 Å². The maximum absolute atomic E-state index is 13.0. The van der Waals surface area contributed by atoms with Gasteiger partial charge in [0.15, 0.2) is 0 Å². The number of carbonyl (C=O) groups excluding carboxylic acids is 2. The Morgan fingerprint density at radius 1 is 0.939 bits per heavy atom. The van der Waals surface area contributed by atoms with Crippen molar-refractivity contribution in [3.8, 4) is 0 Å². The van der Waals surface area contributed by atoms with E-state index >= 15 is 0 Å². The molecule has 0 heterocycles. The Labute approximate surface area is 197 Å². The number of amides is 1. The van der Waals surface area contributed by atoms with E-state index in [1.54, 1.807) is 32.0 Å². The maximum Gasteiger partial charge on any atom is 0.338 e. The third kappa shape index (κ3) is 5.91. The Morgan fingerprint density at radius 3 is 2.27 bits per heavy atom. The third-order valence-electron chi connectivity index (χ3n) is 4.77. The molecular formula is C24H23ClN2O5S. The lowest BCUT2D eigenvalue weighted by Crippen LogP contribution is -2.17. The van der Waals surface area contributed by atoms with Crippen LogP contribution in [0.15, 0.2) is 65.6 Å². The highest BCUT2D eigenvalue weighted by Crippen LogP contribution is 2.27. The van der Waals surface area contributed by atoms with Crippen molar-refractivity contribution in [1.82, 2.24) is 0 Å². The zero-order valence-electron chi connectivity index (χ0n) is 18.3. The summed E-state index contributed by atoms with van der Waals surface area (Å²) in [6, 6.07) is 15.6. The second-order valence-corrected chi connectivity index (χ2v) is 9.38. The van der Waals surface area contributed by atoms with E-state index in [-0.39, 0.29) is 22.1 Å². The molecule has 0 bridgehead atoms. The minimum Gasteiger partial charge on any atom is -0.462 e. The molecule has 3 rings (SSSR count). The molecule has 0 aliphatic rings. The summed E-state index contributed by atoms with van der Waals surface area (Å²) in [6.45, 7) is 5.62. The average Bonchev–Trinajstić information content (AvgIpc) is 2.77. The van der Waals surface area contributed by atoms with E-state index in [1.807, 2.05) is 19.1 Å². The van der Waals surface area contributed by atoms with Crippen LogP contribution in [-0.2, 0) is 14.8 Å². The molecule has 0 aliphatic heterocycles. The molecular weight excluding hydrogens is 464 g/mol. The Kier molecular flexibility index (Phi) is 7.40. The lowest BCUT2D eigenvalue weighted by molar-refractivity contribution is 0.0526. The summed E-state index contributed by atoms with van der Waals surface area (Å²) in [7, 11) is -4.05. The molecule has 3 aromatic rings. The molecule has 0 saturated carbocycles. The monoisotopic (exact) mass is 486 g/mol. The number of ether oxygens (including phenoxy) is 1. The predicted molar refractivity (Wildman–Crippen MR) is 129 cm³/mol. The molecule has 0 saturated heterocycles. The Morgan fingerprint density at radius 2 is 1.61 bits per heavy atom. The molecule has 3 aromatic carbocycles. The van der Waals surface area contributed by atoms with E-state index < -0.39 is 21.9 Å². The van der Waals surface area contributed by atoms with Crippen LogP contribution >= 0.6 is 11.6 Å². The topological polar surface area (TPSA) is 102 Å². The predicted octanol–water partition coefficient (Wildman–Crippen LogP) is 5.19. The normalized spacial score (nSPS) is 11.0. The van der Waals surface area contributed by atoms with Crippen molar-refractivity contribution in [2.75, 3.05) is 16.6 Å². The van der Waals surface area contributed by atoms with Crippen molar-refractivity contribution in [3.63, 3.8) is 0 Å². The van der Waals surface area contributed by atoms with E-state index in [2.05, 4.69) is 10.0 Å². The molecule has 0 aromatic heterocycles. The van der Waals surface area contributed by atoms with Gasteiger partial charge in [-0.2, -0.15) is 0 Å². The van der Waals surface area contributed by atoms with Crippen LogP contribution in [0.3, 0.4) is 0 Å². The number of anilines is 2. The van der Waals surface area contributed by atoms with Crippen molar-refractivity contribution < 1.29 is 22.7 Å². The van der Waals surface area contributed by atoms with E-state index in [1.165, 1.54) is 30.3 Å². The number of carbonyl (C=O) groups is 2. The van der Waals surface area contributed by atoms with E-state index in [4.69, 9.17) is 16.3 Å². The first-order chi connectivity index (χ1) is 15.6. The van der Waals surface area contributed by atoms with Gasteiger partial charge in [0.2, 0.25) is 0 Å². The Balaban J connectivity index is 1.82. The van der Waals surface area contributed by atoms with Crippen LogP contribution < -0.4 is 10.0 Å². The van der Waals surface area contributed by atoms with Crippen LogP contribution in [0.4, 0.5) is 11.4 Å². The van der Waals surface area contributed by atoms with Crippen molar-refractivity contribution in [1.29, 1.82) is 0 Å². The number of aryl methyl sites for hydroxylation is 2. The molecule has 0 aliphatic carbocycles. The van der Waals surface area contributed by atoms with Crippen molar-refractivity contribution in [3.05, 3.63) is 87.9 Å². The van der Waals surface area contributed by atoms with Gasteiger partial charge in [-0.1, -0.05) is 23.7 Å². The lowest BCUT2D eigenvalue weighted by atomic mass is 10.1. The Hall–Kier alpha value is -3.36. The van der Waals surface area contributed by atoms with Gasteiger partial charge in [0.25, 0.3) is 15.9 Å². The van der Waals surface area contributed by atoms with Crippen molar-refractivity contribution in [2.24, 2.45) is 0 Å². The molecule has 1 amide bonds. The molecule has 0 fully saturated rings. The molecule has 2 N–H and O–H groups in total. The highest BCUT2D eigenvalue weighted by molar-refractivity contribution is 7.92. The summed E-state index contributed by atoms with van der Waals surface area (Å²) >= 11 is 6.16. The van der Waals surface area contributed by atoms with Gasteiger partial charge >= 0.3 is 5.97 Å². The zero-order chi connectivity index (χ0) is 24.2. The van der Waals surface area contributed by atoms with Crippen LogP contribution in [-0.4, -0.2) is 26.9 Å². The number of rotatable bonds is 7. The first-order valence-electron chi connectivity index (χ1n) is 10.1. The quantitative estimate of drug-likeness (QED) is 0.448. The van der Waals surface area contributed by atoms with Crippen LogP contribution in [0.2, 0.25) is 5.02 Å². The largest absolute Gasteiger partial charge is 0.462 e. The fraction of sp³-hybridized carbons (Fsp3) is 0.167. The van der Waals surface area contributed by atoms with Gasteiger partial charge in [0.1, 0.15) is 4.90 Å². The van der Waals surface area contributed by atoms with Crippen LogP contribution in [0.1, 0.15) is 38.8 Å². The lowest BCUT2D eigenvalue weighted by Gasteiger charge is -2.13. The summed E-state index contributed by atoms with van der Waals surface area (Å²) in [5.74, 6) is -0.988. The zero-order valence-corrected chi connectivity index (χ0v) is 19.9. The number of benzene rings is 3. The summed E-state index contributed by atoms with van der Waals surface area (Å²) in [5.41, 5.74) is 2.97.